The second-order valence-electron chi connectivity index (χ2n) is 4.80. The maximum atomic E-state index is 5.69. The summed E-state index contributed by atoms with van der Waals surface area (Å²) >= 11 is 1.66. The normalized spacial score (nSPS) is 15.2. The van der Waals surface area contributed by atoms with Gasteiger partial charge in [-0.1, -0.05) is 0 Å². The monoisotopic (exact) mass is 263 g/mol. The van der Waals surface area contributed by atoms with E-state index in [-0.39, 0.29) is 0 Å². The Labute approximate surface area is 110 Å². The molecule has 18 heavy (non-hydrogen) atoms. The lowest BCUT2D eigenvalue weighted by molar-refractivity contribution is 0.491. The smallest absolute Gasteiger partial charge is 0.248 e. The van der Waals surface area contributed by atoms with Crippen molar-refractivity contribution in [1.29, 1.82) is 0 Å². The third-order valence-corrected chi connectivity index (χ3v) is 3.99. The Morgan fingerprint density at radius 2 is 2.28 bits per heavy atom. The van der Waals surface area contributed by atoms with Gasteiger partial charge < -0.3 is 9.73 Å². The van der Waals surface area contributed by atoms with Crippen LogP contribution in [0.1, 0.15) is 30.7 Å². The molecule has 0 amide bonds. The van der Waals surface area contributed by atoms with E-state index in [1.54, 1.807) is 11.3 Å². The molecule has 0 bridgehead atoms. The van der Waals surface area contributed by atoms with Crippen LogP contribution in [-0.2, 0) is 6.42 Å². The van der Waals surface area contributed by atoms with E-state index in [9.17, 15) is 0 Å². The van der Waals surface area contributed by atoms with Crippen molar-refractivity contribution in [2.24, 2.45) is 0 Å². The molecule has 5 heteroatoms. The maximum absolute atomic E-state index is 5.69. The van der Waals surface area contributed by atoms with Crippen molar-refractivity contribution in [3.63, 3.8) is 0 Å². The van der Waals surface area contributed by atoms with E-state index < -0.39 is 0 Å². The topological polar surface area (TPSA) is 51.0 Å². The molecule has 1 fully saturated rings. The number of aryl methyl sites for hydroxylation is 2. The van der Waals surface area contributed by atoms with E-state index in [4.69, 9.17) is 4.42 Å². The number of aromatic nitrogens is 2. The third-order valence-electron chi connectivity index (χ3n) is 3.13. The fourth-order valence-electron chi connectivity index (χ4n) is 1.88. The number of hydrogen-bond acceptors (Lipinski definition) is 5. The summed E-state index contributed by atoms with van der Waals surface area (Å²) in [6.07, 6.45) is 4.58. The molecule has 0 saturated heterocycles. The van der Waals surface area contributed by atoms with Crippen LogP contribution in [0.4, 0.5) is 0 Å². The fourth-order valence-corrected chi connectivity index (χ4v) is 2.70. The highest BCUT2D eigenvalue weighted by atomic mass is 32.1. The van der Waals surface area contributed by atoms with Crippen LogP contribution in [0.5, 0.6) is 0 Å². The zero-order chi connectivity index (χ0) is 12.4. The van der Waals surface area contributed by atoms with Crippen LogP contribution in [0.15, 0.2) is 15.2 Å². The van der Waals surface area contributed by atoms with Crippen molar-refractivity contribution in [2.45, 2.75) is 38.6 Å². The van der Waals surface area contributed by atoms with Crippen LogP contribution in [0.3, 0.4) is 0 Å². The zero-order valence-corrected chi connectivity index (χ0v) is 11.3. The third kappa shape index (κ3) is 2.79. The summed E-state index contributed by atoms with van der Waals surface area (Å²) in [7, 11) is 0. The predicted molar refractivity (Wildman–Crippen MR) is 71.7 cm³/mol. The van der Waals surface area contributed by atoms with Crippen molar-refractivity contribution in [3.8, 4) is 11.5 Å². The molecule has 3 rings (SSSR count). The molecule has 2 aromatic heterocycles. The molecule has 0 unspecified atom stereocenters. The summed E-state index contributed by atoms with van der Waals surface area (Å²) in [4.78, 5) is 0. The van der Waals surface area contributed by atoms with Gasteiger partial charge in [0.1, 0.15) is 0 Å². The highest BCUT2D eigenvalue weighted by Crippen LogP contribution is 2.25. The van der Waals surface area contributed by atoms with Crippen LogP contribution < -0.4 is 5.32 Å². The molecule has 1 saturated carbocycles. The van der Waals surface area contributed by atoms with Gasteiger partial charge in [0.2, 0.25) is 11.8 Å². The van der Waals surface area contributed by atoms with E-state index in [0.29, 0.717) is 5.89 Å². The lowest BCUT2D eigenvalue weighted by Gasteiger charge is -1.99. The fraction of sp³-hybridized carbons (Fsp3) is 0.538. The number of thiophene rings is 1. The molecule has 0 radical (unpaired) electrons. The molecule has 2 aromatic rings. The molecule has 96 valence electrons. The minimum atomic E-state index is 0.652. The maximum Gasteiger partial charge on any atom is 0.248 e. The number of hydrogen-bond donors (Lipinski definition) is 1. The molecular weight excluding hydrogens is 246 g/mol. The van der Waals surface area contributed by atoms with Gasteiger partial charge in [-0.2, -0.15) is 11.3 Å². The lowest BCUT2D eigenvalue weighted by Crippen LogP contribution is -2.17. The minimum absolute atomic E-state index is 0.652. The quantitative estimate of drug-likeness (QED) is 0.814. The van der Waals surface area contributed by atoms with E-state index in [0.717, 1.165) is 36.9 Å². The van der Waals surface area contributed by atoms with Crippen molar-refractivity contribution in [1.82, 2.24) is 15.5 Å². The Morgan fingerprint density at radius 1 is 1.39 bits per heavy atom. The second kappa shape index (κ2) is 5.20. The molecule has 2 heterocycles. The summed E-state index contributed by atoms with van der Waals surface area (Å²) in [5.74, 6) is 1.40. The van der Waals surface area contributed by atoms with Gasteiger partial charge in [0.05, 0.1) is 5.56 Å². The Kier molecular flexibility index (Phi) is 3.43. The molecule has 1 aliphatic carbocycles. The minimum Gasteiger partial charge on any atom is -0.421 e. The number of nitrogens with one attached hydrogen (secondary N) is 1. The van der Waals surface area contributed by atoms with Gasteiger partial charge >= 0.3 is 0 Å². The summed E-state index contributed by atoms with van der Waals surface area (Å²) in [5.41, 5.74) is 2.26. The van der Waals surface area contributed by atoms with Crippen molar-refractivity contribution in [3.05, 3.63) is 22.2 Å². The van der Waals surface area contributed by atoms with E-state index >= 15 is 0 Å². The van der Waals surface area contributed by atoms with E-state index in [1.807, 2.05) is 0 Å². The summed E-state index contributed by atoms with van der Waals surface area (Å²) in [6, 6.07) is 0.775. The molecule has 1 aliphatic rings. The zero-order valence-electron chi connectivity index (χ0n) is 10.5. The Hall–Kier alpha value is -1.20. The van der Waals surface area contributed by atoms with E-state index in [1.165, 1.54) is 18.4 Å². The molecule has 0 aliphatic heterocycles. The second-order valence-corrected chi connectivity index (χ2v) is 5.54. The van der Waals surface area contributed by atoms with Crippen LogP contribution in [-0.4, -0.2) is 22.8 Å². The summed E-state index contributed by atoms with van der Waals surface area (Å²) < 4.78 is 5.69. The van der Waals surface area contributed by atoms with E-state index in [2.05, 4.69) is 33.2 Å². The van der Waals surface area contributed by atoms with Gasteiger partial charge in [0, 0.05) is 17.8 Å². The van der Waals surface area contributed by atoms with Crippen LogP contribution >= 0.6 is 11.3 Å². The largest absolute Gasteiger partial charge is 0.421 e. The molecule has 4 nitrogen and oxygen atoms in total. The summed E-state index contributed by atoms with van der Waals surface area (Å²) in [5, 5.41) is 15.9. The standard InChI is InChI=1S/C13H17N3OS/c1-9-7-18-8-11(9)13-16-15-12(17-13)3-2-6-14-10-4-5-10/h7-8,10,14H,2-6H2,1H3. The molecule has 0 aromatic carbocycles. The molecular formula is C13H17N3OS. The van der Waals surface area contributed by atoms with Crippen molar-refractivity contribution >= 4 is 11.3 Å². The Balaban J connectivity index is 1.54. The highest BCUT2D eigenvalue weighted by molar-refractivity contribution is 7.08. The van der Waals surface area contributed by atoms with Gasteiger partial charge in [0.15, 0.2) is 0 Å². The van der Waals surface area contributed by atoms with Gasteiger partial charge in [-0.3, -0.25) is 0 Å². The molecule has 1 N–H and O–H groups in total. The van der Waals surface area contributed by atoms with Crippen molar-refractivity contribution < 1.29 is 4.42 Å². The van der Waals surface area contributed by atoms with Crippen LogP contribution in [0.2, 0.25) is 0 Å². The average molecular weight is 263 g/mol. The molecule has 0 atom stereocenters. The number of nitrogens with zero attached hydrogens (tertiary/aromatic N) is 2. The van der Waals surface area contributed by atoms with Gasteiger partial charge in [-0.25, -0.2) is 0 Å². The highest BCUT2D eigenvalue weighted by Gasteiger charge is 2.19. The first-order valence-corrected chi connectivity index (χ1v) is 7.36. The van der Waals surface area contributed by atoms with Crippen LogP contribution in [0, 0.1) is 6.92 Å². The first kappa shape index (κ1) is 11.9. The summed E-state index contributed by atoms with van der Waals surface area (Å²) in [6.45, 7) is 3.11. The van der Waals surface area contributed by atoms with Crippen molar-refractivity contribution in [2.75, 3.05) is 6.54 Å². The Morgan fingerprint density at radius 3 is 3.00 bits per heavy atom. The van der Waals surface area contributed by atoms with Gasteiger partial charge in [0.25, 0.3) is 0 Å². The Bertz CT molecular complexity index is 516. The first-order valence-electron chi connectivity index (χ1n) is 6.42. The molecule has 0 spiro atoms. The van der Waals surface area contributed by atoms with Gasteiger partial charge in [-0.05, 0) is 43.7 Å². The predicted octanol–water partition coefficient (Wildman–Crippen LogP) is 2.79. The van der Waals surface area contributed by atoms with Crippen LogP contribution in [0.25, 0.3) is 11.5 Å². The SMILES string of the molecule is Cc1cscc1-c1nnc(CCCNC2CC2)o1. The number of rotatable bonds is 6. The lowest BCUT2D eigenvalue weighted by atomic mass is 10.2. The first-order chi connectivity index (χ1) is 8.83. The average Bonchev–Trinajstić information content (AvgIpc) is 2.90. The van der Waals surface area contributed by atoms with Gasteiger partial charge in [-0.15, -0.1) is 10.2 Å².